The molecule has 24 heavy (non-hydrogen) atoms. The highest BCUT2D eigenvalue weighted by Gasteiger charge is 2.62. The maximum Gasteiger partial charge on any atom is 0.0390 e. The number of hydrogen-bond acceptors (Lipinski definition) is 1. The Kier molecular flexibility index (Phi) is 3.50. The summed E-state index contributed by atoms with van der Waals surface area (Å²) in [6, 6.07) is 8.40. The van der Waals surface area contributed by atoms with Crippen molar-refractivity contribution in [2.75, 3.05) is 5.73 Å². The van der Waals surface area contributed by atoms with Crippen molar-refractivity contribution in [3.8, 4) is 0 Å². The van der Waals surface area contributed by atoms with Gasteiger partial charge >= 0.3 is 0 Å². The summed E-state index contributed by atoms with van der Waals surface area (Å²) >= 11 is 0. The molecule has 0 aliphatic heterocycles. The summed E-state index contributed by atoms with van der Waals surface area (Å²) in [7, 11) is 0. The van der Waals surface area contributed by atoms with Crippen LogP contribution < -0.4 is 5.73 Å². The molecule has 1 fully saturated rings. The van der Waals surface area contributed by atoms with Crippen LogP contribution in [0.1, 0.15) is 52.5 Å². The van der Waals surface area contributed by atoms with Gasteiger partial charge in [-0.25, -0.2) is 0 Å². The first-order chi connectivity index (χ1) is 11.4. The number of nitrogens with two attached hydrogens (primary N) is 1. The van der Waals surface area contributed by atoms with E-state index >= 15 is 0 Å². The molecule has 4 rings (SSSR count). The summed E-state index contributed by atoms with van der Waals surface area (Å²) in [6.45, 7) is 10.0. The van der Waals surface area contributed by atoms with Gasteiger partial charge in [-0.05, 0) is 65.4 Å². The van der Waals surface area contributed by atoms with Gasteiger partial charge in [-0.15, -0.1) is 0 Å². The Morgan fingerprint density at radius 2 is 1.88 bits per heavy atom. The minimum absolute atomic E-state index is 0.328. The Bertz CT molecular complexity index is 711. The van der Waals surface area contributed by atoms with Gasteiger partial charge in [-0.3, -0.25) is 0 Å². The van der Waals surface area contributed by atoms with Crippen molar-refractivity contribution in [1.29, 1.82) is 0 Å². The normalized spacial score (nSPS) is 39.9. The lowest BCUT2D eigenvalue weighted by atomic mass is 9.61. The molecule has 0 spiro atoms. The van der Waals surface area contributed by atoms with Crippen LogP contribution in [0.4, 0.5) is 5.69 Å². The van der Waals surface area contributed by atoms with Crippen LogP contribution in [0.3, 0.4) is 0 Å². The largest absolute Gasteiger partial charge is 0.398 e. The first-order valence-corrected chi connectivity index (χ1v) is 9.60. The van der Waals surface area contributed by atoms with Gasteiger partial charge in [0.05, 0.1) is 0 Å². The summed E-state index contributed by atoms with van der Waals surface area (Å²) < 4.78 is 0. The Hall–Kier alpha value is -1.50. The van der Waals surface area contributed by atoms with Crippen LogP contribution in [0.5, 0.6) is 0 Å². The van der Waals surface area contributed by atoms with Gasteiger partial charge in [-0.2, -0.15) is 0 Å². The van der Waals surface area contributed by atoms with E-state index in [2.05, 4.69) is 58.1 Å². The molecule has 0 saturated heterocycles. The molecule has 0 bridgehead atoms. The second-order valence-corrected chi connectivity index (χ2v) is 9.12. The molecule has 3 aliphatic rings. The standard InChI is InChI=1S/C23H31N/c1-15-16(17-9-5-6-10-19(17)24)12-13-18-21(15)23(4)14-8-7-11-20(23)22(18,2)3/h5-6,8-10,12,14-15,18,20-21H,7,11,13,24H2,1-4H3. The maximum atomic E-state index is 6.31. The van der Waals surface area contributed by atoms with Gasteiger partial charge in [0, 0.05) is 11.3 Å². The zero-order valence-electron chi connectivity index (χ0n) is 15.5. The molecular weight excluding hydrogens is 290 g/mol. The SMILES string of the molecule is CC1C(c2ccccc2N)=CCC2C1C1(C)C=CCCC1C2(C)C. The third kappa shape index (κ3) is 2.00. The molecule has 1 aromatic rings. The van der Waals surface area contributed by atoms with E-state index in [4.69, 9.17) is 5.73 Å². The first-order valence-electron chi connectivity index (χ1n) is 9.60. The lowest BCUT2D eigenvalue weighted by Crippen LogP contribution is -2.36. The fraction of sp³-hybridized carbons (Fsp3) is 0.565. The monoisotopic (exact) mass is 321 g/mol. The van der Waals surface area contributed by atoms with Crippen molar-refractivity contribution in [2.45, 2.75) is 47.0 Å². The van der Waals surface area contributed by atoms with Crippen LogP contribution in [-0.4, -0.2) is 0 Å². The van der Waals surface area contributed by atoms with E-state index in [-0.39, 0.29) is 0 Å². The van der Waals surface area contributed by atoms with Gasteiger partial charge < -0.3 is 5.73 Å². The second kappa shape index (κ2) is 5.25. The lowest BCUT2D eigenvalue weighted by Gasteiger charge is -2.43. The van der Waals surface area contributed by atoms with Gasteiger partial charge in [0.15, 0.2) is 0 Å². The molecule has 1 saturated carbocycles. The molecule has 128 valence electrons. The van der Waals surface area contributed by atoms with E-state index in [1.54, 1.807) is 0 Å². The topological polar surface area (TPSA) is 26.0 Å². The average Bonchev–Trinajstić information content (AvgIpc) is 2.73. The van der Waals surface area contributed by atoms with Crippen LogP contribution in [0.25, 0.3) is 5.57 Å². The van der Waals surface area contributed by atoms with E-state index in [0.29, 0.717) is 22.7 Å². The second-order valence-electron chi connectivity index (χ2n) is 9.12. The van der Waals surface area contributed by atoms with Crippen LogP contribution in [0.15, 0.2) is 42.5 Å². The number of rotatable bonds is 1. The van der Waals surface area contributed by atoms with E-state index in [0.717, 1.165) is 17.5 Å². The molecule has 3 aliphatic carbocycles. The van der Waals surface area contributed by atoms with Crippen LogP contribution in [0, 0.1) is 34.5 Å². The van der Waals surface area contributed by atoms with Crippen molar-refractivity contribution in [3.05, 3.63) is 48.1 Å². The first kappa shape index (κ1) is 16.0. The summed E-state index contributed by atoms with van der Waals surface area (Å²) in [5.74, 6) is 2.85. The molecule has 0 heterocycles. The van der Waals surface area contributed by atoms with Crippen molar-refractivity contribution >= 4 is 11.3 Å². The molecule has 0 amide bonds. The van der Waals surface area contributed by atoms with E-state index in [9.17, 15) is 0 Å². The molecule has 1 heteroatoms. The zero-order chi connectivity index (χ0) is 17.1. The quantitative estimate of drug-likeness (QED) is 0.503. The zero-order valence-corrected chi connectivity index (χ0v) is 15.5. The number of hydrogen-bond donors (Lipinski definition) is 1. The summed E-state index contributed by atoms with van der Waals surface area (Å²) in [4.78, 5) is 0. The molecule has 1 aromatic carbocycles. The Balaban J connectivity index is 1.81. The Morgan fingerprint density at radius 1 is 1.12 bits per heavy atom. The summed E-state index contributed by atoms with van der Waals surface area (Å²) in [5.41, 5.74) is 10.7. The predicted molar refractivity (Wildman–Crippen MR) is 103 cm³/mol. The van der Waals surface area contributed by atoms with Gasteiger partial charge in [0.2, 0.25) is 0 Å². The number of benzene rings is 1. The van der Waals surface area contributed by atoms with Crippen molar-refractivity contribution in [3.63, 3.8) is 0 Å². The summed E-state index contributed by atoms with van der Waals surface area (Å²) in [6.07, 6.45) is 11.3. The number of para-hydroxylation sites is 1. The smallest absolute Gasteiger partial charge is 0.0390 e. The number of anilines is 1. The Morgan fingerprint density at radius 3 is 2.62 bits per heavy atom. The Labute approximate surface area is 147 Å². The lowest BCUT2D eigenvalue weighted by molar-refractivity contribution is 0.134. The molecule has 5 unspecified atom stereocenters. The molecule has 5 atom stereocenters. The van der Waals surface area contributed by atoms with E-state index < -0.39 is 0 Å². The van der Waals surface area contributed by atoms with Crippen LogP contribution >= 0.6 is 0 Å². The fourth-order valence-corrected chi connectivity index (χ4v) is 6.78. The van der Waals surface area contributed by atoms with E-state index in [1.165, 1.54) is 30.4 Å². The summed E-state index contributed by atoms with van der Waals surface area (Å²) in [5, 5.41) is 0. The van der Waals surface area contributed by atoms with Gasteiger partial charge in [-0.1, -0.05) is 64.1 Å². The molecule has 2 N–H and O–H groups in total. The maximum absolute atomic E-state index is 6.31. The molecule has 0 aromatic heterocycles. The number of allylic oxidation sites excluding steroid dienone is 4. The molecule has 1 nitrogen and oxygen atoms in total. The minimum Gasteiger partial charge on any atom is -0.398 e. The molecular formula is C23H31N. The van der Waals surface area contributed by atoms with Gasteiger partial charge in [0.1, 0.15) is 0 Å². The fourth-order valence-electron chi connectivity index (χ4n) is 6.78. The highest BCUT2D eigenvalue weighted by atomic mass is 14.7. The van der Waals surface area contributed by atoms with Crippen molar-refractivity contribution < 1.29 is 0 Å². The average molecular weight is 322 g/mol. The number of nitrogen functional groups attached to an aromatic ring is 1. The predicted octanol–water partition coefficient (Wildman–Crippen LogP) is 5.94. The van der Waals surface area contributed by atoms with E-state index in [1.807, 2.05) is 12.1 Å². The van der Waals surface area contributed by atoms with Gasteiger partial charge in [0.25, 0.3) is 0 Å². The third-order valence-electron chi connectivity index (χ3n) is 7.75. The van der Waals surface area contributed by atoms with Crippen molar-refractivity contribution in [1.82, 2.24) is 0 Å². The third-order valence-corrected chi connectivity index (χ3v) is 7.75. The highest BCUT2D eigenvalue weighted by molar-refractivity contribution is 5.77. The molecule has 0 radical (unpaired) electrons. The van der Waals surface area contributed by atoms with Crippen LogP contribution in [0.2, 0.25) is 0 Å². The van der Waals surface area contributed by atoms with Crippen molar-refractivity contribution in [2.24, 2.45) is 34.5 Å². The van der Waals surface area contributed by atoms with Crippen LogP contribution in [-0.2, 0) is 0 Å². The number of fused-ring (bicyclic) bond motifs is 3. The minimum atomic E-state index is 0.328. The highest BCUT2D eigenvalue weighted by Crippen LogP contribution is 2.69.